The molecule has 0 spiro atoms. The third-order valence-corrected chi connectivity index (χ3v) is 3.49. The van der Waals surface area contributed by atoms with Crippen LogP contribution in [0.2, 0.25) is 0 Å². The van der Waals surface area contributed by atoms with Crippen LogP contribution in [-0.4, -0.2) is 16.5 Å². The maximum atomic E-state index is 4.23. The van der Waals surface area contributed by atoms with Crippen molar-refractivity contribution in [2.45, 2.75) is 39.7 Å². The van der Waals surface area contributed by atoms with Gasteiger partial charge in [-0.1, -0.05) is 23.8 Å². The molecule has 1 unspecified atom stereocenters. The van der Waals surface area contributed by atoms with Crippen molar-refractivity contribution in [3.05, 3.63) is 53.1 Å². The molecule has 0 radical (unpaired) electrons. The minimum atomic E-state index is 0.400. The van der Waals surface area contributed by atoms with Crippen LogP contribution in [0, 0.1) is 13.8 Å². The molecule has 1 atom stereocenters. The van der Waals surface area contributed by atoms with E-state index < -0.39 is 0 Å². The number of aromatic amines is 1. The Balaban J connectivity index is 1.79. The normalized spacial score (nSPS) is 12.6. The van der Waals surface area contributed by atoms with Crippen LogP contribution >= 0.6 is 0 Å². The lowest BCUT2D eigenvalue weighted by atomic mass is 10.0. The van der Waals surface area contributed by atoms with Gasteiger partial charge in [-0.3, -0.25) is 0 Å². The lowest BCUT2D eigenvalue weighted by Crippen LogP contribution is -2.21. The molecule has 0 saturated heterocycles. The highest BCUT2D eigenvalue weighted by atomic mass is 14.9. The van der Waals surface area contributed by atoms with Gasteiger partial charge in [0.1, 0.15) is 5.82 Å². The summed E-state index contributed by atoms with van der Waals surface area (Å²) >= 11 is 0. The summed E-state index contributed by atoms with van der Waals surface area (Å²) in [5, 5.41) is 3.58. The van der Waals surface area contributed by atoms with Crippen molar-refractivity contribution in [1.29, 1.82) is 0 Å². The standard InChI is InChI=1S/C16H23N3/c1-12-6-7-15(13(2)11-12)14(3)17-8-4-5-16-18-9-10-19-16/h6-7,9-11,14,17H,4-5,8H2,1-3H3,(H,18,19). The Morgan fingerprint density at radius 1 is 1.32 bits per heavy atom. The van der Waals surface area contributed by atoms with Gasteiger partial charge in [0.25, 0.3) is 0 Å². The summed E-state index contributed by atoms with van der Waals surface area (Å²) < 4.78 is 0. The fraction of sp³-hybridized carbons (Fsp3) is 0.438. The highest BCUT2D eigenvalue weighted by Gasteiger charge is 2.07. The number of nitrogens with zero attached hydrogens (tertiary/aromatic N) is 1. The van der Waals surface area contributed by atoms with E-state index in [1.54, 1.807) is 6.20 Å². The third-order valence-electron chi connectivity index (χ3n) is 3.49. The van der Waals surface area contributed by atoms with Crippen molar-refractivity contribution < 1.29 is 0 Å². The van der Waals surface area contributed by atoms with E-state index >= 15 is 0 Å². The molecule has 0 fully saturated rings. The summed E-state index contributed by atoms with van der Waals surface area (Å²) in [5.74, 6) is 1.07. The molecule has 2 aromatic rings. The van der Waals surface area contributed by atoms with E-state index in [9.17, 15) is 0 Å². The molecule has 2 N–H and O–H groups in total. The number of imidazole rings is 1. The van der Waals surface area contributed by atoms with Crippen LogP contribution in [0.25, 0.3) is 0 Å². The van der Waals surface area contributed by atoms with Gasteiger partial charge in [-0.15, -0.1) is 0 Å². The van der Waals surface area contributed by atoms with E-state index in [2.05, 4.69) is 54.3 Å². The topological polar surface area (TPSA) is 40.7 Å². The zero-order valence-corrected chi connectivity index (χ0v) is 12.0. The van der Waals surface area contributed by atoms with E-state index in [4.69, 9.17) is 0 Å². The van der Waals surface area contributed by atoms with E-state index in [1.165, 1.54) is 16.7 Å². The predicted molar refractivity (Wildman–Crippen MR) is 79.2 cm³/mol. The van der Waals surface area contributed by atoms with Crippen molar-refractivity contribution in [3.63, 3.8) is 0 Å². The molecule has 2 rings (SSSR count). The van der Waals surface area contributed by atoms with Crippen LogP contribution < -0.4 is 5.32 Å². The molecule has 0 saturated carbocycles. The molecule has 0 bridgehead atoms. The largest absolute Gasteiger partial charge is 0.349 e. The van der Waals surface area contributed by atoms with E-state index in [1.807, 2.05) is 6.20 Å². The van der Waals surface area contributed by atoms with Crippen molar-refractivity contribution in [3.8, 4) is 0 Å². The van der Waals surface area contributed by atoms with Gasteiger partial charge in [0.05, 0.1) is 0 Å². The van der Waals surface area contributed by atoms with Crippen LogP contribution in [0.5, 0.6) is 0 Å². The molecule has 19 heavy (non-hydrogen) atoms. The van der Waals surface area contributed by atoms with E-state index in [0.29, 0.717) is 6.04 Å². The second kappa shape index (κ2) is 6.53. The highest BCUT2D eigenvalue weighted by molar-refractivity contribution is 5.32. The maximum absolute atomic E-state index is 4.23. The maximum Gasteiger partial charge on any atom is 0.106 e. The van der Waals surface area contributed by atoms with Gasteiger partial charge in [-0.2, -0.15) is 0 Å². The summed E-state index contributed by atoms with van der Waals surface area (Å²) in [6.45, 7) is 7.56. The number of aromatic nitrogens is 2. The van der Waals surface area contributed by atoms with E-state index in [0.717, 1.165) is 25.2 Å². The minimum absolute atomic E-state index is 0.400. The monoisotopic (exact) mass is 257 g/mol. The van der Waals surface area contributed by atoms with Crippen LogP contribution in [0.4, 0.5) is 0 Å². The first-order chi connectivity index (χ1) is 9.16. The van der Waals surface area contributed by atoms with Crippen molar-refractivity contribution >= 4 is 0 Å². The molecule has 102 valence electrons. The number of benzene rings is 1. The van der Waals surface area contributed by atoms with Gasteiger partial charge >= 0.3 is 0 Å². The number of rotatable bonds is 6. The highest BCUT2D eigenvalue weighted by Crippen LogP contribution is 2.18. The summed E-state index contributed by atoms with van der Waals surface area (Å²) in [5.41, 5.74) is 4.08. The quantitative estimate of drug-likeness (QED) is 0.779. The number of hydrogen-bond acceptors (Lipinski definition) is 2. The molecule has 1 aromatic carbocycles. The molecule has 0 aliphatic rings. The van der Waals surface area contributed by atoms with Crippen LogP contribution in [0.1, 0.15) is 41.9 Å². The Morgan fingerprint density at radius 2 is 2.16 bits per heavy atom. The molecule has 0 aliphatic carbocycles. The average Bonchev–Trinajstić information content (AvgIpc) is 2.87. The number of hydrogen-bond donors (Lipinski definition) is 2. The lowest BCUT2D eigenvalue weighted by Gasteiger charge is -2.17. The average molecular weight is 257 g/mol. The van der Waals surface area contributed by atoms with E-state index in [-0.39, 0.29) is 0 Å². The fourth-order valence-corrected chi connectivity index (χ4v) is 2.43. The van der Waals surface area contributed by atoms with Crippen LogP contribution in [0.3, 0.4) is 0 Å². The summed E-state index contributed by atoms with van der Waals surface area (Å²) in [6, 6.07) is 7.06. The molecule has 1 heterocycles. The Bertz CT molecular complexity index is 503. The first kappa shape index (κ1) is 13.8. The lowest BCUT2D eigenvalue weighted by molar-refractivity contribution is 0.553. The molecular weight excluding hydrogens is 234 g/mol. The third kappa shape index (κ3) is 3.93. The SMILES string of the molecule is Cc1ccc(C(C)NCCCc2ncc[nH]2)c(C)c1. The minimum Gasteiger partial charge on any atom is -0.349 e. The van der Waals surface area contributed by atoms with Crippen molar-refractivity contribution in [1.82, 2.24) is 15.3 Å². The predicted octanol–water partition coefficient (Wildman–Crippen LogP) is 3.31. The second-order valence-corrected chi connectivity index (χ2v) is 5.18. The first-order valence-corrected chi connectivity index (χ1v) is 6.95. The first-order valence-electron chi connectivity index (χ1n) is 6.95. The fourth-order valence-electron chi connectivity index (χ4n) is 2.43. The van der Waals surface area contributed by atoms with Gasteiger partial charge in [0, 0.05) is 24.9 Å². The van der Waals surface area contributed by atoms with Gasteiger partial charge in [0.15, 0.2) is 0 Å². The Morgan fingerprint density at radius 3 is 2.84 bits per heavy atom. The van der Waals surface area contributed by atoms with Gasteiger partial charge in [-0.25, -0.2) is 4.98 Å². The Kier molecular flexibility index (Phi) is 4.74. The second-order valence-electron chi connectivity index (χ2n) is 5.18. The number of nitrogens with one attached hydrogen (secondary N) is 2. The molecule has 0 amide bonds. The zero-order chi connectivity index (χ0) is 13.7. The Hall–Kier alpha value is -1.61. The summed E-state index contributed by atoms with van der Waals surface area (Å²) in [6.07, 6.45) is 5.78. The van der Waals surface area contributed by atoms with Crippen LogP contribution in [-0.2, 0) is 6.42 Å². The van der Waals surface area contributed by atoms with Gasteiger partial charge in [0.2, 0.25) is 0 Å². The zero-order valence-electron chi connectivity index (χ0n) is 12.0. The molecule has 3 heteroatoms. The molecular formula is C16H23N3. The number of aryl methyl sites for hydroxylation is 3. The van der Waals surface area contributed by atoms with Crippen LogP contribution in [0.15, 0.2) is 30.6 Å². The van der Waals surface area contributed by atoms with Crippen molar-refractivity contribution in [2.75, 3.05) is 6.54 Å². The number of H-pyrrole nitrogens is 1. The summed E-state index contributed by atoms with van der Waals surface area (Å²) in [4.78, 5) is 7.36. The molecule has 3 nitrogen and oxygen atoms in total. The molecule has 1 aromatic heterocycles. The van der Waals surface area contributed by atoms with Crippen molar-refractivity contribution in [2.24, 2.45) is 0 Å². The smallest absolute Gasteiger partial charge is 0.106 e. The van der Waals surface area contributed by atoms with Gasteiger partial charge < -0.3 is 10.3 Å². The molecule has 0 aliphatic heterocycles. The summed E-state index contributed by atoms with van der Waals surface area (Å²) in [7, 11) is 0. The van der Waals surface area contributed by atoms with Gasteiger partial charge in [-0.05, 0) is 44.9 Å². The Labute approximate surface area is 115 Å².